The molecular formula is C11H10Cl2O4. The van der Waals surface area contributed by atoms with Crippen LogP contribution in [0.3, 0.4) is 0 Å². The van der Waals surface area contributed by atoms with E-state index >= 15 is 0 Å². The average Bonchev–Trinajstić information content (AvgIpc) is 2.81. The number of carbonyl (C=O) groups excluding carboxylic acids is 1. The number of hydrogen-bond acceptors (Lipinski definition) is 4. The zero-order valence-electron chi connectivity index (χ0n) is 8.82. The molecule has 4 nitrogen and oxygen atoms in total. The predicted octanol–water partition coefficient (Wildman–Crippen LogP) is 2.56. The Balaban J connectivity index is 2.06. The quantitative estimate of drug-likeness (QED) is 0.793. The second-order valence-electron chi connectivity index (χ2n) is 3.40. The van der Waals surface area contributed by atoms with Crippen molar-refractivity contribution in [3.63, 3.8) is 0 Å². The second-order valence-corrected chi connectivity index (χ2v) is 4.22. The van der Waals surface area contributed by atoms with E-state index in [-0.39, 0.29) is 12.9 Å². The first-order valence-electron chi connectivity index (χ1n) is 5.01. The van der Waals surface area contributed by atoms with Gasteiger partial charge in [-0.25, -0.2) is 0 Å². The van der Waals surface area contributed by atoms with Crippen LogP contribution in [-0.4, -0.2) is 32.4 Å². The molecular weight excluding hydrogens is 267 g/mol. The van der Waals surface area contributed by atoms with Crippen LogP contribution in [0.2, 0.25) is 10.0 Å². The van der Waals surface area contributed by atoms with Crippen molar-refractivity contribution in [3.8, 4) is 5.75 Å². The summed E-state index contributed by atoms with van der Waals surface area (Å²) in [5, 5.41) is 0.643. The highest BCUT2D eigenvalue weighted by Gasteiger charge is 2.17. The summed E-state index contributed by atoms with van der Waals surface area (Å²) in [5.74, 6) is 0.386. The van der Waals surface area contributed by atoms with Gasteiger partial charge in [0, 0.05) is 5.56 Å². The summed E-state index contributed by atoms with van der Waals surface area (Å²) >= 11 is 11.7. The standard InChI is InChI=1S/C11H10Cl2O4/c12-8-4-9(13)10(3-7(8)5-14)17-6-11-15-1-2-16-11/h3-5,11H,1-2,6H2. The summed E-state index contributed by atoms with van der Waals surface area (Å²) in [6.07, 6.45) is 0.259. The Kier molecular flexibility index (Phi) is 4.23. The summed E-state index contributed by atoms with van der Waals surface area (Å²) in [6.45, 7) is 1.34. The minimum absolute atomic E-state index is 0.222. The van der Waals surface area contributed by atoms with Gasteiger partial charge in [0.2, 0.25) is 0 Å². The van der Waals surface area contributed by atoms with Crippen LogP contribution in [0.5, 0.6) is 5.75 Å². The number of hydrogen-bond donors (Lipinski definition) is 0. The Hall–Kier alpha value is -0.810. The Bertz CT molecular complexity index is 416. The summed E-state index contributed by atoms with van der Waals surface area (Å²) in [7, 11) is 0. The highest BCUT2D eigenvalue weighted by Crippen LogP contribution is 2.30. The molecule has 0 atom stereocenters. The van der Waals surface area contributed by atoms with Crippen LogP contribution in [0.15, 0.2) is 12.1 Å². The van der Waals surface area contributed by atoms with Crippen LogP contribution in [-0.2, 0) is 9.47 Å². The second kappa shape index (κ2) is 5.69. The molecule has 1 heterocycles. The number of carbonyl (C=O) groups is 1. The fraction of sp³-hybridized carbons (Fsp3) is 0.364. The maximum absolute atomic E-state index is 10.7. The molecule has 0 radical (unpaired) electrons. The molecule has 92 valence electrons. The fourth-order valence-corrected chi connectivity index (χ4v) is 1.89. The smallest absolute Gasteiger partial charge is 0.191 e. The van der Waals surface area contributed by atoms with Gasteiger partial charge in [-0.05, 0) is 12.1 Å². The van der Waals surface area contributed by atoms with E-state index in [0.29, 0.717) is 40.9 Å². The average molecular weight is 277 g/mol. The first kappa shape index (κ1) is 12.6. The van der Waals surface area contributed by atoms with Crippen molar-refractivity contribution in [2.75, 3.05) is 19.8 Å². The van der Waals surface area contributed by atoms with E-state index in [1.54, 1.807) is 0 Å². The molecule has 1 aromatic rings. The van der Waals surface area contributed by atoms with Gasteiger partial charge in [-0.15, -0.1) is 0 Å². The number of aldehydes is 1. The molecule has 0 aliphatic carbocycles. The van der Waals surface area contributed by atoms with E-state index in [4.69, 9.17) is 37.4 Å². The summed E-state index contributed by atoms with van der Waals surface area (Å²) in [6, 6.07) is 2.96. The molecule has 1 aliphatic heterocycles. The highest BCUT2D eigenvalue weighted by molar-refractivity contribution is 6.37. The van der Waals surface area contributed by atoms with E-state index in [0.717, 1.165) is 0 Å². The lowest BCUT2D eigenvalue weighted by molar-refractivity contribution is -0.0683. The molecule has 6 heteroatoms. The van der Waals surface area contributed by atoms with E-state index in [9.17, 15) is 4.79 Å². The molecule has 0 N–H and O–H groups in total. The molecule has 0 saturated carbocycles. The molecule has 1 saturated heterocycles. The Labute approximate surface area is 108 Å². The topological polar surface area (TPSA) is 44.8 Å². The van der Waals surface area contributed by atoms with Crippen molar-refractivity contribution in [1.29, 1.82) is 0 Å². The number of ether oxygens (including phenoxy) is 3. The van der Waals surface area contributed by atoms with E-state index in [1.807, 2.05) is 0 Å². The summed E-state index contributed by atoms with van der Waals surface area (Å²) in [5.41, 5.74) is 0.333. The molecule has 1 aromatic carbocycles. The fourth-order valence-electron chi connectivity index (χ4n) is 1.41. The third kappa shape index (κ3) is 3.10. The highest BCUT2D eigenvalue weighted by atomic mass is 35.5. The minimum atomic E-state index is -0.388. The lowest BCUT2D eigenvalue weighted by atomic mass is 10.2. The van der Waals surface area contributed by atoms with Gasteiger partial charge in [-0.2, -0.15) is 0 Å². The van der Waals surface area contributed by atoms with Gasteiger partial charge >= 0.3 is 0 Å². The predicted molar refractivity (Wildman–Crippen MR) is 63.0 cm³/mol. The normalized spacial score (nSPS) is 16.1. The molecule has 0 unspecified atom stereocenters. The number of halogens is 2. The van der Waals surface area contributed by atoms with Crippen molar-refractivity contribution < 1.29 is 19.0 Å². The Morgan fingerprint density at radius 1 is 1.29 bits per heavy atom. The molecule has 2 rings (SSSR count). The van der Waals surface area contributed by atoms with Crippen LogP contribution in [0.1, 0.15) is 10.4 Å². The maximum atomic E-state index is 10.7. The van der Waals surface area contributed by atoms with Gasteiger partial charge < -0.3 is 14.2 Å². The molecule has 1 fully saturated rings. The monoisotopic (exact) mass is 276 g/mol. The molecule has 1 aliphatic rings. The van der Waals surface area contributed by atoms with Gasteiger partial charge in [0.15, 0.2) is 12.6 Å². The van der Waals surface area contributed by atoms with Gasteiger partial charge in [-0.3, -0.25) is 4.79 Å². The van der Waals surface area contributed by atoms with Crippen molar-refractivity contribution in [2.45, 2.75) is 6.29 Å². The van der Waals surface area contributed by atoms with Crippen LogP contribution in [0.4, 0.5) is 0 Å². The lowest BCUT2D eigenvalue weighted by Crippen LogP contribution is -2.18. The molecule has 0 bridgehead atoms. The third-order valence-electron chi connectivity index (χ3n) is 2.24. The maximum Gasteiger partial charge on any atom is 0.191 e. The molecule has 0 amide bonds. The Morgan fingerprint density at radius 2 is 2.00 bits per heavy atom. The first-order valence-corrected chi connectivity index (χ1v) is 5.76. The van der Waals surface area contributed by atoms with Crippen molar-refractivity contribution in [2.24, 2.45) is 0 Å². The van der Waals surface area contributed by atoms with Crippen LogP contribution >= 0.6 is 23.2 Å². The number of benzene rings is 1. The van der Waals surface area contributed by atoms with E-state index < -0.39 is 0 Å². The van der Waals surface area contributed by atoms with Gasteiger partial charge in [0.25, 0.3) is 0 Å². The van der Waals surface area contributed by atoms with Crippen LogP contribution < -0.4 is 4.74 Å². The lowest BCUT2D eigenvalue weighted by Gasteiger charge is -2.12. The first-order chi connectivity index (χ1) is 8.20. The van der Waals surface area contributed by atoms with Crippen molar-refractivity contribution in [3.05, 3.63) is 27.7 Å². The SMILES string of the molecule is O=Cc1cc(OCC2OCCO2)c(Cl)cc1Cl. The van der Waals surface area contributed by atoms with E-state index in [1.165, 1.54) is 12.1 Å². The minimum Gasteiger partial charge on any atom is -0.487 e. The van der Waals surface area contributed by atoms with E-state index in [2.05, 4.69) is 0 Å². The zero-order valence-corrected chi connectivity index (χ0v) is 10.3. The van der Waals surface area contributed by atoms with Crippen molar-refractivity contribution in [1.82, 2.24) is 0 Å². The summed E-state index contributed by atoms with van der Waals surface area (Å²) < 4.78 is 15.8. The largest absolute Gasteiger partial charge is 0.487 e. The van der Waals surface area contributed by atoms with Gasteiger partial charge in [0.05, 0.1) is 23.3 Å². The molecule has 17 heavy (non-hydrogen) atoms. The Morgan fingerprint density at radius 3 is 2.65 bits per heavy atom. The van der Waals surface area contributed by atoms with Crippen LogP contribution in [0, 0.1) is 0 Å². The van der Waals surface area contributed by atoms with Gasteiger partial charge in [0.1, 0.15) is 12.4 Å². The van der Waals surface area contributed by atoms with Crippen LogP contribution in [0.25, 0.3) is 0 Å². The molecule has 0 aromatic heterocycles. The number of rotatable bonds is 4. The zero-order chi connectivity index (χ0) is 12.3. The summed E-state index contributed by atoms with van der Waals surface area (Å²) in [4.78, 5) is 10.7. The third-order valence-corrected chi connectivity index (χ3v) is 2.87. The van der Waals surface area contributed by atoms with Gasteiger partial charge in [-0.1, -0.05) is 23.2 Å². The van der Waals surface area contributed by atoms with Crippen molar-refractivity contribution >= 4 is 29.5 Å². The molecule has 0 spiro atoms.